The molecule has 0 aromatic rings. The van der Waals surface area contributed by atoms with Gasteiger partial charge >= 0.3 is 6.03 Å². The Labute approximate surface area is 108 Å². The van der Waals surface area contributed by atoms with Gasteiger partial charge in [0.15, 0.2) is 0 Å². The highest BCUT2D eigenvalue weighted by atomic mass is 32.2. The van der Waals surface area contributed by atoms with Gasteiger partial charge in [-0.15, -0.1) is 26.3 Å². The highest BCUT2D eigenvalue weighted by Gasteiger charge is 2.18. The number of hydrogen-bond acceptors (Lipinski definition) is 2. The molecule has 94 valence electrons. The Kier molecular flexibility index (Phi) is 8.96. The van der Waals surface area contributed by atoms with E-state index in [0.717, 1.165) is 0 Å². The molecule has 0 saturated carbocycles. The number of hydrogen-bond donors (Lipinski definition) is 0. The monoisotopic (exact) mass is 252 g/mol. The molecule has 0 unspecified atom stereocenters. The summed E-state index contributed by atoms with van der Waals surface area (Å²) < 4.78 is 1.65. The van der Waals surface area contributed by atoms with Gasteiger partial charge in [0, 0.05) is 18.8 Å². The minimum Gasteiger partial charge on any atom is -0.317 e. The first kappa shape index (κ1) is 15.6. The lowest BCUT2D eigenvalue weighted by molar-refractivity contribution is 0.193. The van der Waals surface area contributed by atoms with Crippen molar-refractivity contribution in [3.63, 3.8) is 0 Å². The van der Waals surface area contributed by atoms with Crippen LogP contribution in [0.15, 0.2) is 50.6 Å². The van der Waals surface area contributed by atoms with Crippen molar-refractivity contribution in [2.24, 2.45) is 0 Å². The van der Waals surface area contributed by atoms with E-state index in [1.165, 1.54) is 11.9 Å². The molecule has 0 saturated heterocycles. The third-order valence-corrected chi connectivity index (χ3v) is 2.83. The number of rotatable bonds is 9. The number of amides is 2. The van der Waals surface area contributed by atoms with E-state index >= 15 is 0 Å². The summed E-state index contributed by atoms with van der Waals surface area (Å²) in [6.07, 6.45) is 6.87. The second kappa shape index (κ2) is 9.78. The predicted octanol–water partition coefficient (Wildman–Crippen LogP) is 3.10. The maximum absolute atomic E-state index is 12.2. The molecule has 0 aromatic carbocycles. The Morgan fingerprint density at radius 3 is 1.88 bits per heavy atom. The molecule has 0 N–H and O–H groups in total. The maximum atomic E-state index is 12.2. The van der Waals surface area contributed by atoms with E-state index in [4.69, 9.17) is 0 Å². The minimum atomic E-state index is -0.0587. The van der Waals surface area contributed by atoms with Gasteiger partial charge in [0.25, 0.3) is 0 Å². The average Bonchev–Trinajstić information content (AvgIpc) is 2.33. The largest absolute Gasteiger partial charge is 0.330 e. The fraction of sp³-hybridized carbons (Fsp3) is 0.308. The third-order valence-electron chi connectivity index (χ3n) is 1.83. The normalized spacial score (nSPS) is 9.18. The lowest BCUT2D eigenvalue weighted by Gasteiger charge is -2.27. The van der Waals surface area contributed by atoms with Crippen molar-refractivity contribution in [1.82, 2.24) is 9.21 Å². The molecular weight excluding hydrogens is 232 g/mol. The van der Waals surface area contributed by atoms with Crippen LogP contribution in [0.4, 0.5) is 4.79 Å². The van der Waals surface area contributed by atoms with Gasteiger partial charge in [-0.3, -0.25) is 4.31 Å². The van der Waals surface area contributed by atoms with E-state index < -0.39 is 0 Å². The Hall–Kier alpha value is -1.42. The van der Waals surface area contributed by atoms with Crippen molar-refractivity contribution < 1.29 is 4.79 Å². The van der Waals surface area contributed by atoms with Gasteiger partial charge in [-0.2, -0.15) is 0 Å². The molecule has 17 heavy (non-hydrogen) atoms. The number of carbonyl (C=O) groups is 1. The summed E-state index contributed by atoms with van der Waals surface area (Å²) in [5.41, 5.74) is 0. The number of nitrogens with zero attached hydrogens (tertiary/aromatic N) is 2. The summed E-state index contributed by atoms with van der Waals surface area (Å²) in [5.74, 6) is 0.690. The van der Waals surface area contributed by atoms with E-state index in [9.17, 15) is 4.79 Å². The quantitative estimate of drug-likeness (QED) is 0.465. The lowest BCUT2D eigenvalue weighted by Crippen LogP contribution is -2.40. The summed E-state index contributed by atoms with van der Waals surface area (Å²) >= 11 is 1.42. The Morgan fingerprint density at radius 2 is 1.47 bits per heavy atom. The molecule has 0 aliphatic carbocycles. The van der Waals surface area contributed by atoms with Crippen LogP contribution >= 0.6 is 11.9 Å². The van der Waals surface area contributed by atoms with Crippen LogP contribution in [0, 0.1) is 0 Å². The summed E-state index contributed by atoms with van der Waals surface area (Å²) in [6, 6.07) is -0.0587. The van der Waals surface area contributed by atoms with Crippen molar-refractivity contribution in [3.05, 3.63) is 50.6 Å². The SMILES string of the molecule is C=CCSN(CC=C)C(=O)N(CC=C)CC=C. The lowest BCUT2D eigenvalue weighted by atomic mass is 10.4. The second-order valence-electron chi connectivity index (χ2n) is 3.20. The zero-order valence-electron chi connectivity index (χ0n) is 10.2. The van der Waals surface area contributed by atoms with Crippen LogP contribution in [0.1, 0.15) is 0 Å². The summed E-state index contributed by atoms with van der Waals surface area (Å²) in [5, 5.41) is 0. The van der Waals surface area contributed by atoms with Gasteiger partial charge in [0.1, 0.15) is 0 Å². The first-order chi connectivity index (χ1) is 8.21. The molecule has 2 amide bonds. The minimum absolute atomic E-state index is 0.0587. The highest BCUT2D eigenvalue weighted by molar-refractivity contribution is 7.97. The molecule has 0 heterocycles. The molecule has 0 fully saturated rings. The number of urea groups is 1. The van der Waals surface area contributed by atoms with Gasteiger partial charge in [0.2, 0.25) is 0 Å². The van der Waals surface area contributed by atoms with E-state index in [2.05, 4.69) is 26.3 Å². The van der Waals surface area contributed by atoms with Crippen molar-refractivity contribution in [1.29, 1.82) is 0 Å². The molecule has 0 spiro atoms. The summed E-state index contributed by atoms with van der Waals surface area (Å²) in [6.45, 7) is 16.1. The molecular formula is C13H20N2OS. The van der Waals surface area contributed by atoms with Gasteiger partial charge in [-0.05, 0) is 11.9 Å². The summed E-state index contributed by atoms with van der Waals surface area (Å²) in [7, 11) is 0. The Morgan fingerprint density at radius 1 is 0.941 bits per heavy atom. The van der Waals surface area contributed by atoms with Crippen LogP contribution in [0.5, 0.6) is 0 Å². The van der Waals surface area contributed by atoms with Crippen LogP contribution in [-0.2, 0) is 0 Å². The molecule has 0 atom stereocenters. The average molecular weight is 252 g/mol. The topological polar surface area (TPSA) is 23.6 Å². The predicted molar refractivity (Wildman–Crippen MR) is 76.9 cm³/mol. The van der Waals surface area contributed by atoms with E-state index in [-0.39, 0.29) is 6.03 Å². The smallest absolute Gasteiger partial charge is 0.317 e. The van der Waals surface area contributed by atoms with Crippen LogP contribution in [0.2, 0.25) is 0 Å². The standard InChI is InChI=1S/C13H20N2OS/c1-5-9-14(10-6-2)13(16)15(11-7-3)17-12-8-4/h5-8H,1-4,9-12H2. The van der Waals surface area contributed by atoms with Crippen molar-refractivity contribution in [2.75, 3.05) is 25.4 Å². The molecule has 0 aliphatic heterocycles. The molecule has 0 bridgehead atoms. The maximum Gasteiger partial charge on any atom is 0.330 e. The molecule has 4 heteroatoms. The highest BCUT2D eigenvalue weighted by Crippen LogP contribution is 2.13. The number of carbonyl (C=O) groups excluding carboxylic acids is 1. The summed E-state index contributed by atoms with van der Waals surface area (Å²) in [4.78, 5) is 13.8. The van der Waals surface area contributed by atoms with Crippen molar-refractivity contribution in [2.45, 2.75) is 0 Å². The first-order valence-electron chi connectivity index (χ1n) is 5.34. The third kappa shape index (κ3) is 6.02. The molecule has 0 rings (SSSR count). The molecule has 0 radical (unpaired) electrons. The van der Waals surface area contributed by atoms with Crippen molar-refractivity contribution >= 4 is 18.0 Å². The second-order valence-corrected chi connectivity index (χ2v) is 4.23. The van der Waals surface area contributed by atoms with Crippen LogP contribution in [0.3, 0.4) is 0 Å². The first-order valence-corrected chi connectivity index (χ1v) is 6.28. The van der Waals surface area contributed by atoms with Crippen LogP contribution in [0.25, 0.3) is 0 Å². The van der Waals surface area contributed by atoms with E-state index in [1.54, 1.807) is 33.5 Å². The van der Waals surface area contributed by atoms with E-state index in [1.807, 2.05) is 0 Å². The Bertz CT molecular complexity index is 279. The Balaban J connectivity index is 4.61. The molecule has 0 aromatic heterocycles. The van der Waals surface area contributed by atoms with Gasteiger partial charge < -0.3 is 4.90 Å². The zero-order chi connectivity index (χ0) is 13.1. The van der Waals surface area contributed by atoms with Gasteiger partial charge in [-0.25, -0.2) is 4.79 Å². The van der Waals surface area contributed by atoms with Gasteiger partial charge in [0.05, 0.1) is 6.54 Å². The fourth-order valence-electron chi connectivity index (χ4n) is 1.15. The van der Waals surface area contributed by atoms with Crippen molar-refractivity contribution in [3.8, 4) is 0 Å². The van der Waals surface area contributed by atoms with Crippen LogP contribution < -0.4 is 0 Å². The van der Waals surface area contributed by atoms with Gasteiger partial charge in [-0.1, -0.05) is 24.3 Å². The van der Waals surface area contributed by atoms with Crippen LogP contribution in [-0.4, -0.2) is 40.6 Å². The van der Waals surface area contributed by atoms with E-state index in [0.29, 0.717) is 25.4 Å². The molecule has 0 aliphatic rings. The fourth-order valence-corrected chi connectivity index (χ4v) is 1.87. The molecule has 3 nitrogen and oxygen atoms in total. The zero-order valence-corrected chi connectivity index (χ0v) is 11.0.